The van der Waals surface area contributed by atoms with E-state index in [9.17, 15) is 9.59 Å². The number of rotatable bonds is 4. The van der Waals surface area contributed by atoms with E-state index in [1.807, 2.05) is 30.3 Å². The minimum Gasteiger partial charge on any atom is -0.350 e. The molecule has 96 valence electrons. The number of amides is 2. The van der Waals surface area contributed by atoms with Gasteiger partial charge in [-0.15, -0.1) is 0 Å². The van der Waals surface area contributed by atoms with Crippen molar-refractivity contribution in [1.29, 1.82) is 0 Å². The highest BCUT2D eigenvalue weighted by Gasteiger charge is 2.28. The van der Waals surface area contributed by atoms with Crippen molar-refractivity contribution in [2.75, 3.05) is 6.54 Å². The molecular weight excluding hydrogens is 228 g/mol. The molecule has 1 aliphatic rings. The van der Waals surface area contributed by atoms with Crippen LogP contribution in [0.3, 0.4) is 0 Å². The number of hydrogen-bond acceptors (Lipinski definition) is 2. The normalized spacial score (nSPS) is 16.7. The van der Waals surface area contributed by atoms with E-state index < -0.39 is 0 Å². The van der Waals surface area contributed by atoms with E-state index in [2.05, 4.69) is 5.32 Å². The monoisotopic (exact) mass is 246 g/mol. The van der Waals surface area contributed by atoms with Crippen LogP contribution in [0.2, 0.25) is 0 Å². The van der Waals surface area contributed by atoms with Gasteiger partial charge in [-0.25, -0.2) is 0 Å². The highest BCUT2D eigenvalue weighted by atomic mass is 16.2. The molecule has 4 heteroatoms. The van der Waals surface area contributed by atoms with Gasteiger partial charge in [-0.05, 0) is 18.9 Å². The summed E-state index contributed by atoms with van der Waals surface area (Å²) in [5.41, 5.74) is 1.06. The summed E-state index contributed by atoms with van der Waals surface area (Å²) in [6.45, 7) is 2.98. The quantitative estimate of drug-likeness (QED) is 0.871. The fourth-order valence-electron chi connectivity index (χ4n) is 2.15. The third-order valence-electron chi connectivity index (χ3n) is 3.27. The van der Waals surface area contributed by atoms with Crippen molar-refractivity contribution in [2.24, 2.45) is 0 Å². The first-order valence-electron chi connectivity index (χ1n) is 6.29. The number of likely N-dealkylation sites (tertiary alicyclic amines) is 1. The predicted molar refractivity (Wildman–Crippen MR) is 68.7 cm³/mol. The maximum Gasteiger partial charge on any atom is 0.242 e. The lowest BCUT2D eigenvalue weighted by atomic mass is 10.2. The molecule has 1 aliphatic heterocycles. The molecule has 0 spiro atoms. The molecular formula is C14H18N2O2. The zero-order valence-corrected chi connectivity index (χ0v) is 10.6. The Labute approximate surface area is 107 Å². The van der Waals surface area contributed by atoms with Crippen LogP contribution in [0.4, 0.5) is 0 Å². The van der Waals surface area contributed by atoms with E-state index in [0.29, 0.717) is 19.5 Å². The number of carbonyl (C=O) groups excluding carboxylic acids is 2. The summed E-state index contributed by atoms with van der Waals surface area (Å²) in [4.78, 5) is 25.1. The van der Waals surface area contributed by atoms with Crippen molar-refractivity contribution < 1.29 is 9.59 Å². The number of hydrogen-bond donors (Lipinski definition) is 1. The highest BCUT2D eigenvalue weighted by Crippen LogP contribution is 2.13. The van der Waals surface area contributed by atoms with Crippen LogP contribution in [0.25, 0.3) is 0 Å². The topological polar surface area (TPSA) is 49.4 Å². The van der Waals surface area contributed by atoms with Gasteiger partial charge in [0.1, 0.15) is 6.04 Å². The lowest BCUT2D eigenvalue weighted by molar-refractivity contribution is -0.136. The summed E-state index contributed by atoms with van der Waals surface area (Å²) in [6.07, 6.45) is 1.42. The summed E-state index contributed by atoms with van der Waals surface area (Å²) < 4.78 is 0. The maximum atomic E-state index is 11.9. The Morgan fingerprint density at radius 2 is 2.11 bits per heavy atom. The lowest BCUT2D eigenvalue weighted by Crippen LogP contribution is -2.45. The number of nitrogens with zero attached hydrogens (tertiary/aromatic N) is 1. The molecule has 1 aromatic carbocycles. The third-order valence-corrected chi connectivity index (χ3v) is 3.27. The second kappa shape index (κ2) is 5.67. The van der Waals surface area contributed by atoms with Crippen LogP contribution >= 0.6 is 0 Å². The SMILES string of the molecule is C[C@@H](C(=O)NCc1ccccc1)N1CCCC1=O. The van der Waals surface area contributed by atoms with Gasteiger partial charge in [0.15, 0.2) is 0 Å². The molecule has 1 saturated heterocycles. The summed E-state index contributed by atoms with van der Waals surface area (Å²) in [7, 11) is 0. The fraction of sp³-hybridized carbons (Fsp3) is 0.429. The molecule has 4 nitrogen and oxygen atoms in total. The Bertz CT molecular complexity index is 431. The minimum absolute atomic E-state index is 0.0809. The van der Waals surface area contributed by atoms with E-state index in [1.54, 1.807) is 11.8 Å². The van der Waals surface area contributed by atoms with Crippen LogP contribution in [-0.2, 0) is 16.1 Å². The van der Waals surface area contributed by atoms with Crippen molar-refractivity contribution in [3.05, 3.63) is 35.9 Å². The Morgan fingerprint density at radius 3 is 2.72 bits per heavy atom. The average Bonchev–Trinajstić information content (AvgIpc) is 2.82. The molecule has 1 N–H and O–H groups in total. The molecule has 1 aromatic rings. The first-order valence-corrected chi connectivity index (χ1v) is 6.29. The van der Waals surface area contributed by atoms with Crippen LogP contribution in [0.5, 0.6) is 0 Å². The molecule has 2 rings (SSSR count). The predicted octanol–water partition coefficient (Wildman–Crippen LogP) is 1.31. The van der Waals surface area contributed by atoms with E-state index in [4.69, 9.17) is 0 Å². The second-order valence-corrected chi connectivity index (χ2v) is 4.57. The van der Waals surface area contributed by atoms with Crippen molar-refractivity contribution in [3.63, 3.8) is 0 Å². The summed E-state index contributed by atoms with van der Waals surface area (Å²) in [5, 5.41) is 2.86. The molecule has 0 radical (unpaired) electrons. The highest BCUT2D eigenvalue weighted by molar-refractivity contribution is 5.88. The molecule has 0 bridgehead atoms. The molecule has 0 aromatic heterocycles. The molecule has 1 heterocycles. The molecule has 0 unspecified atom stereocenters. The van der Waals surface area contributed by atoms with Gasteiger partial charge in [-0.2, -0.15) is 0 Å². The van der Waals surface area contributed by atoms with Gasteiger partial charge in [0.05, 0.1) is 0 Å². The zero-order valence-electron chi connectivity index (χ0n) is 10.6. The minimum atomic E-state index is -0.372. The van der Waals surface area contributed by atoms with Gasteiger partial charge in [0.25, 0.3) is 0 Å². The van der Waals surface area contributed by atoms with Crippen LogP contribution in [0.15, 0.2) is 30.3 Å². The van der Waals surface area contributed by atoms with Gasteiger partial charge < -0.3 is 10.2 Å². The maximum absolute atomic E-state index is 11.9. The summed E-state index contributed by atoms with van der Waals surface area (Å²) in [5.74, 6) is -0.00790. The molecule has 0 aliphatic carbocycles. The first-order chi connectivity index (χ1) is 8.68. The molecule has 2 amide bonds. The fourth-order valence-corrected chi connectivity index (χ4v) is 2.15. The third kappa shape index (κ3) is 2.88. The Balaban J connectivity index is 1.86. The molecule has 0 saturated carbocycles. The van der Waals surface area contributed by atoms with Gasteiger partial charge in [0, 0.05) is 19.5 Å². The van der Waals surface area contributed by atoms with Gasteiger partial charge in [0.2, 0.25) is 11.8 Å². The Kier molecular flexibility index (Phi) is 3.97. The van der Waals surface area contributed by atoms with E-state index in [1.165, 1.54) is 0 Å². The van der Waals surface area contributed by atoms with E-state index in [-0.39, 0.29) is 17.9 Å². The van der Waals surface area contributed by atoms with E-state index >= 15 is 0 Å². The van der Waals surface area contributed by atoms with Crippen LogP contribution in [0, 0.1) is 0 Å². The van der Waals surface area contributed by atoms with Crippen molar-refractivity contribution in [3.8, 4) is 0 Å². The van der Waals surface area contributed by atoms with E-state index in [0.717, 1.165) is 12.0 Å². The second-order valence-electron chi connectivity index (χ2n) is 4.57. The zero-order chi connectivity index (χ0) is 13.0. The Morgan fingerprint density at radius 1 is 1.39 bits per heavy atom. The largest absolute Gasteiger partial charge is 0.350 e. The van der Waals surface area contributed by atoms with Gasteiger partial charge >= 0.3 is 0 Å². The molecule has 18 heavy (non-hydrogen) atoms. The smallest absolute Gasteiger partial charge is 0.242 e. The van der Waals surface area contributed by atoms with Crippen LogP contribution < -0.4 is 5.32 Å². The number of carbonyl (C=O) groups is 2. The molecule has 1 fully saturated rings. The van der Waals surface area contributed by atoms with Crippen molar-refractivity contribution in [2.45, 2.75) is 32.4 Å². The van der Waals surface area contributed by atoms with Gasteiger partial charge in [-0.1, -0.05) is 30.3 Å². The number of nitrogens with one attached hydrogen (secondary N) is 1. The summed E-state index contributed by atoms with van der Waals surface area (Å²) in [6, 6.07) is 9.38. The number of benzene rings is 1. The van der Waals surface area contributed by atoms with Gasteiger partial charge in [-0.3, -0.25) is 9.59 Å². The average molecular weight is 246 g/mol. The van der Waals surface area contributed by atoms with Crippen molar-refractivity contribution in [1.82, 2.24) is 10.2 Å². The Hall–Kier alpha value is -1.84. The first kappa shape index (κ1) is 12.6. The van der Waals surface area contributed by atoms with Crippen molar-refractivity contribution >= 4 is 11.8 Å². The van der Waals surface area contributed by atoms with Crippen LogP contribution in [0.1, 0.15) is 25.3 Å². The summed E-state index contributed by atoms with van der Waals surface area (Å²) >= 11 is 0. The van der Waals surface area contributed by atoms with Crippen LogP contribution in [-0.4, -0.2) is 29.3 Å². The lowest BCUT2D eigenvalue weighted by Gasteiger charge is -2.23. The molecule has 1 atom stereocenters. The standard InChI is InChI=1S/C14H18N2O2/c1-11(16-9-5-8-13(16)17)14(18)15-10-12-6-3-2-4-7-12/h2-4,6-7,11H,5,8-10H2,1H3,(H,15,18)/t11-/m0/s1.